The van der Waals surface area contributed by atoms with Crippen molar-refractivity contribution >= 4 is 34.9 Å². The van der Waals surface area contributed by atoms with Gasteiger partial charge in [-0.1, -0.05) is 6.07 Å². The lowest BCUT2D eigenvalue weighted by molar-refractivity contribution is -0.150. The van der Waals surface area contributed by atoms with E-state index in [0.29, 0.717) is 23.3 Å². The number of carbonyl (C=O) groups is 3. The van der Waals surface area contributed by atoms with Crippen LogP contribution in [0.5, 0.6) is 0 Å². The van der Waals surface area contributed by atoms with Gasteiger partial charge in [0, 0.05) is 10.8 Å². The van der Waals surface area contributed by atoms with Gasteiger partial charge in [0.05, 0.1) is 23.6 Å². The van der Waals surface area contributed by atoms with Gasteiger partial charge >= 0.3 is 12.1 Å². The van der Waals surface area contributed by atoms with Gasteiger partial charge in [0.15, 0.2) is 5.78 Å². The molecule has 1 amide bonds. The Labute approximate surface area is 178 Å². The molecule has 1 saturated carbocycles. The van der Waals surface area contributed by atoms with Crippen LogP contribution in [0.25, 0.3) is 10.4 Å². The Morgan fingerprint density at radius 3 is 2.37 bits per heavy atom. The molecule has 0 radical (unpaired) electrons. The molecule has 1 aliphatic rings. The molecular formula is C22H24FNO5S. The number of halogens is 1. The third kappa shape index (κ3) is 4.87. The van der Waals surface area contributed by atoms with E-state index in [2.05, 4.69) is 5.32 Å². The molecule has 2 atom stereocenters. The first-order valence-electron chi connectivity index (χ1n) is 9.61. The van der Waals surface area contributed by atoms with E-state index in [-0.39, 0.29) is 29.3 Å². The van der Waals surface area contributed by atoms with Crippen LogP contribution in [0.1, 0.15) is 43.3 Å². The highest BCUT2D eigenvalue weighted by molar-refractivity contribution is 7.17. The third-order valence-corrected chi connectivity index (χ3v) is 6.00. The molecular weight excluding hydrogens is 409 g/mol. The number of methoxy groups -OCH3 is 1. The molecule has 160 valence electrons. The van der Waals surface area contributed by atoms with Gasteiger partial charge in [0.2, 0.25) is 0 Å². The standard InChI is InChI=1S/C22H24FNO5S/c1-22(2,3)29-21(27)24-16-8-5-12(11-15(16)23)17-9-10-18(30-17)19(25)13-6-7-14(13)20(26)28-4/h5,8-11,13-14H,6-7H2,1-4H3,(H,24,27). The molecule has 2 unspecified atom stereocenters. The van der Waals surface area contributed by atoms with Gasteiger partial charge in [-0.25, -0.2) is 9.18 Å². The predicted octanol–water partition coefficient (Wildman–Crippen LogP) is 5.28. The summed E-state index contributed by atoms with van der Waals surface area (Å²) in [5.41, 5.74) is -0.0890. The molecule has 6 nitrogen and oxygen atoms in total. The fourth-order valence-corrected chi connectivity index (χ4v) is 4.24. The minimum atomic E-state index is -0.737. The Bertz CT molecular complexity index is 978. The topological polar surface area (TPSA) is 81.7 Å². The zero-order chi connectivity index (χ0) is 22.1. The summed E-state index contributed by atoms with van der Waals surface area (Å²) in [6.07, 6.45) is 0.572. The summed E-state index contributed by atoms with van der Waals surface area (Å²) in [7, 11) is 1.32. The summed E-state index contributed by atoms with van der Waals surface area (Å²) >= 11 is 1.25. The number of Topliss-reactive ketones (excluding diaryl/α,β-unsaturated/α-hetero) is 1. The number of nitrogens with one attached hydrogen (secondary N) is 1. The second-order valence-corrected chi connectivity index (χ2v) is 9.25. The Balaban J connectivity index is 1.71. The largest absolute Gasteiger partial charge is 0.469 e. The van der Waals surface area contributed by atoms with Crippen LogP contribution < -0.4 is 5.32 Å². The summed E-state index contributed by atoms with van der Waals surface area (Å²) in [4.78, 5) is 37.5. The molecule has 30 heavy (non-hydrogen) atoms. The van der Waals surface area contributed by atoms with E-state index in [9.17, 15) is 18.8 Å². The minimum Gasteiger partial charge on any atom is -0.469 e. The number of thiophene rings is 1. The summed E-state index contributed by atoms with van der Waals surface area (Å²) in [6.45, 7) is 5.16. The number of esters is 1. The first-order valence-corrected chi connectivity index (χ1v) is 10.4. The van der Waals surface area contributed by atoms with Gasteiger partial charge in [-0.15, -0.1) is 11.3 Å². The highest BCUT2D eigenvalue weighted by atomic mass is 32.1. The molecule has 0 bridgehead atoms. The second-order valence-electron chi connectivity index (χ2n) is 8.16. The van der Waals surface area contributed by atoms with Crippen LogP contribution in [-0.4, -0.2) is 30.6 Å². The van der Waals surface area contributed by atoms with Crippen molar-refractivity contribution < 1.29 is 28.2 Å². The number of hydrogen-bond acceptors (Lipinski definition) is 6. The Hall–Kier alpha value is -2.74. The fraction of sp³-hybridized carbons (Fsp3) is 0.409. The molecule has 8 heteroatoms. The van der Waals surface area contributed by atoms with Crippen LogP contribution in [0, 0.1) is 17.7 Å². The molecule has 1 fully saturated rings. The van der Waals surface area contributed by atoms with Crippen molar-refractivity contribution in [1.82, 2.24) is 0 Å². The number of carbonyl (C=O) groups excluding carboxylic acids is 3. The SMILES string of the molecule is COC(=O)C1CCC1C(=O)c1ccc(-c2ccc(NC(=O)OC(C)(C)C)c(F)c2)s1. The average molecular weight is 434 g/mol. The van der Waals surface area contributed by atoms with E-state index in [0.717, 1.165) is 4.88 Å². The molecule has 2 aromatic rings. The van der Waals surface area contributed by atoms with Crippen molar-refractivity contribution in [3.05, 3.63) is 41.0 Å². The summed E-state index contributed by atoms with van der Waals surface area (Å²) in [5.74, 6) is -1.79. The van der Waals surface area contributed by atoms with Crippen molar-refractivity contribution in [2.24, 2.45) is 11.8 Å². The van der Waals surface area contributed by atoms with Gasteiger partial charge in [0.25, 0.3) is 0 Å². The van der Waals surface area contributed by atoms with Crippen LogP contribution in [0.15, 0.2) is 30.3 Å². The van der Waals surface area contributed by atoms with Crippen LogP contribution in [0.3, 0.4) is 0 Å². The maximum atomic E-state index is 14.5. The van der Waals surface area contributed by atoms with E-state index < -0.39 is 17.5 Å². The fourth-order valence-electron chi connectivity index (χ4n) is 3.24. The van der Waals surface area contributed by atoms with Crippen molar-refractivity contribution in [2.45, 2.75) is 39.2 Å². The molecule has 1 aromatic heterocycles. The van der Waals surface area contributed by atoms with Gasteiger partial charge in [-0.3, -0.25) is 14.9 Å². The van der Waals surface area contributed by atoms with Gasteiger partial charge in [-0.2, -0.15) is 0 Å². The van der Waals surface area contributed by atoms with Crippen LogP contribution >= 0.6 is 11.3 Å². The summed E-state index contributed by atoms with van der Waals surface area (Å²) in [5, 5.41) is 2.39. The maximum Gasteiger partial charge on any atom is 0.412 e. The smallest absolute Gasteiger partial charge is 0.412 e. The van der Waals surface area contributed by atoms with E-state index >= 15 is 0 Å². The number of rotatable bonds is 5. The van der Waals surface area contributed by atoms with Crippen molar-refractivity contribution in [3.63, 3.8) is 0 Å². The molecule has 1 aliphatic carbocycles. The Morgan fingerprint density at radius 1 is 1.10 bits per heavy atom. The number of anilines is 1. The number of benzene rings is 1. The predicted molar refractivity (Wildman–Crippen MR) is 112 cm³/mol. The molecule has 0 saturated heterocycles. The molecule has 1 heterocycles. The lowest BCUT2D eigenvalue weighted by Crippen LogP contribution is -2.38. The number of hydrogen-bond donors (Lipinski definition) is 1. The van der Waals surface area contributed by atoms with Gasteiger partial charge in [0.1, 0.15) is 11.4 Å². The summed E-state index contributed by atoms with van der Waals surface area (Å²) in [6, 6.07) is 7.86. The quantitative estimate of drug-likeness (QED) is 0.512. The molecule has 1 aromatic carbocycles. The highest BCUT2D eigenvalue weighted by Crippen LogP contribution is 2.40. The first-order chi connectivity index (χ1) is 14.1. The van der Waals surface area contributed by atoms with Crippen molar-refractivity contribution in [1.29, 1.82) is 0 Å². The van der Waals surface area contributed by atoms with Crippen LogP contribution in [-0.2, 0) is 14.3 Å². The van der Waals surface area contributed by atoms with E-state index in [1.54, 1.807) is 39.0 Å². The molecule has 1 N–H and O–H groups in total. The van der Waals surface area contributed by atoms with E-state index in [4.69, 9.17) is 9.47 Å². The lowest BCUT2D eigenvalue weighted by atomic mass is 9.71. The zero-order valence-electron chi connectivity index (χ0n) is 17.3. The first kappa shape index (κ1) is 22.0. The number of ketones is 1. The number of ether oxygens (including phenoxy) is 2. The van der Waals surface area contributed by atoms with Gasteiger partial charge < -0.3 is 9.47 Å². The molecule has 0 aliphatic heterocycles. The van der Waals surface area contributed by atoms with Crippen molar-refractivity contribution in [2.75, 3.05) is 12.4 Å². The van der Waals surface area contributed by atoms with Crippen LogP contribution in [0.2, 0.25) is 0 Å². The Morgan fingerprint density at radius 2 is 1.80 bits per heavy atom. The lowest BCUT2D eigenvalue weighted by Gasteiger charge is -2.32. The maximum absolute atomic E-state index is 14.5. The highest BCUT2D eigenvalue weighted by Gasteiger charge is 2.42. The number of amides is 1. The Kier molecular flexibility index (Phi) is 6.26. The summed E-state index contributed by atoms with van der Waals surface area (Å²) < 4.78 is 24.4. The third-order valence-electron chi connectivity index (χ3n) is 4.85. The monoisotopic (exact) mass is 433 g/mol. The molecule has 3 rings (SSSR count). The average Bonchev–Trinajstić information content (AvgIpc) is 3.11. The zero-order valence-corrected chi connectivity index (χ0v) is 18.1. The minimum absolute atomic E-state index is 0.0104. The second kappa shape index (κ2) is 8.55. The van der Waals surface area contributed by atoms with E-state index in [1.807, 2.05) is 0 Å². The normalized spacial score (nSPS) is 18.3. The van der Waals surface area contributed by atoms with Crippen molar-refractivity contribution in [3.8, 4) is 10.4 Å². The van der Waals surface area contributed by atoms with E-state index in [1.165, 1.54) is 30.6 Å². The van der Waals surface area contributed by atoms with Crippen LogP contribution in [0.4, 0.5) is 14.9 Å². The molecule has 0 spiro atoms. The van der Waals surface area contributed by atoms with Gasteiger partial charge in [-0.05, 0) is 63.4 Å².